The van der Waals surface area contributed by atoms with Crippen LogP contribution in [0.4, 0.5) is 0 Å². The van der Waals surface area contributed by atoms with E-state index >= 15 is 0 Å². The molecule has 4 heteroatoms. The average molecular weight is 376 g/mol. The van der Waals surface area contributed by atoms with E-state index in [-0.39, 0.29) is 18.6 Å². The van der Waals surface area contributed by atoms with Gasteiger partial charge in [0, 0.05) is 4.47 Å². The average Bonchev–Trinajstić information content (AvgIpc) is 2.56. The van der Waals surface area contributed by atoms with Gasteiger partial charge >= 0.3 is 0 Å². The first-order chi connectivity index (χ1) is 11.0. The Bertz CT molecular complexity index is 668. The molecule has 23 heavy (non-hydrogen) atoms. The second kappa shape index (κ2) is 8.16. The molecule has 1 atom stereocenters. The van der Waals surface area contributed by atoms with Gasteiger partial charge < -0.3 is 10.1 Å². The Morgan fingerprint density at radius 2 is 1.91 bits per heavy atom. The molecule has 0 aliphatic rings. The van der Waals surface area contributed by atoms with E-state index in [1.807, 2.05) is 32.0 Å². The van der Waals surface area contributed by atoms with Gasteiger partial charge in [0.25, 0.3) is 5.91 Å². The number of hydrogen-bond donors (Lipinski definition) is 1. The van der Waals surface area contributed by atoms with Crippen LogP contribution in [0.2, 0.25) is 0 Å². The van der Waals surface area contributed by atoms with Gasteiger partial charge in [-0.3, -0.25) is 4.79 Å². The molecule has 0 aliphatic carbocycles. The number of amides is 1. The Balaban J connectivity index is 1.86. The fraction of sp³-hybridized carbons (Fsp3) is 0.316. The number of nitrogens with one attached hydrogen (secondary N) is 1. The van der Waals surface area contributed by atoms with E-state index in [1.54, 1.807) is 0 Å². The van der Waals surface area contributed by atoms with Crippen molar-refractivity contribution in [3.8, 4) is 5.75 Å². The molecule has 122 valence electrons. The van der Waals surface area contributed by atoms with Crippen molar-refractivity contribution in [1.29, 1.82) is 0 Å². The quantitative estimate of drug-likeness (QED) is 0.802. The summed E-state index contributed by atoms with van der Waals surface area (Å²) in [5.41, 5.74) is 3.46. The van der Waals surface area contributed by atoms with Crippen molar-refractivity contribution >= 4 is 21.8 Å². The fourth-order valence-corrected chi connectivity index (χ4v) is 2.51. The Labute approximate surface area is 146 Å². The maximum absolute atomic E-state index is 12.0. The first kappa shape index (κ1) is 17.5. The molecule has 2 aromatic rings. The molecule has 0 aromatic heterocycles. The Hall–Kier alpha value is -1.81. The van der Waals surface area contributed by atoms with Crippen molar-refractivity contribution in [2.45, 2.75) is 33.2 Å². The second-order valence-corrected chi connectivity index (χ2v) is 6.44. The highest BCUT2D eigenvalue weighted by atomic mass is 79.9. The standard InChI is InChI=1S/C19H22BrNO2/c1-4-15-5-7-16(8-6-15)14(3)21-19(22)12-23-17-9-10-18(20)13(2)11-17/h5-11,14H,4,12H2,1-3H3,(H,21,22). The van der Waals surface area contributed by atoms with E-state index < -0.39 is 0 Å². The summed E-state index contributed by atoms with van der Waals surface area (Å²) in [4.78, 5) is 12.0. The summed E-state index contributed by atoms with van der Waals surface area (Å²) in [5.74, 6) is 0.568. The minimum atomic E-state index is -0.127. The third-order valence-electron chi connectivity index (χ3n) is 3.76. The van der Waals surface area contributed by atoms with E-state index in [0.717, 1.165) is 22.0 Å². The lowest BCUT2D eigenvalue weighted by Crippen LogP contribution is -2.31. The number of aryl methyl sites for hydroxylation is 2. The van der Waals surface area contributed by atoms with E-state index in [0.29, 0.717) is 5.75 Å². The van der Waals surface area contributed by atoms with Crippen LogP contribution in [0.25, 0.3) is 0 Å². The molecule has 1 unspecified atom stereocenters. The molecule has 1 amide bonds. The van der Waals surface area contributed by atoms with E-state index in [2.05, 4.69) is 52.4 Å². The van der Waals surface area contributed by atoms with Gasteiger partial charge in [0.05, 0.1) is 6.04 Å². The minimum absolute atomic E-state index is 0.0124. The predicted molar refractivity (Wildman–Crippen MR) is 96.8 cm³/mol. The molecule has 1 N–H and O–H groups in total. The van der Waals surface area contributed by atoms with E-state index in [9.17, 15) is 4.79 Å². The Kier molecular flexibility index (Phi) is 6.22. The smallest absolute Gasteiger partial charge is 0.258 e. The van der Waals surface area contributed by atoms with E-state index in [4.69, 9.17) is 4.74 Å². The summed E-state index contributed by atoms with van der Waals surface area (Å²) in [6, 6.07) is 13.9. The van der Waals surface area contributed by atoms with E-state index in [1.165, 1.54) is 5.56 Å². The largest absolute Gasteiger partial charge is 0.484 e. The summed E-state index contributed by atoms with van der Waals surface area (Å²) < 4.78 is 6.57. The normalized spacial score (nSPS) is 11.8. The van der Waals surface area contributed by atoms with Crippen molar-refractivity contribution < 1.29 is 9.53 Å². The van der Waals surface area contributed by atoms with Crippen molar-refractivity contribution in [3.05, 3.63) is 63.6 Å². The van der Waals surface area contributed by atoms with Crippen molar-refractivity contribution in [2.75, 3.05) is 6.61 Å². The fourth-order valence-electron chi connectivity index (χ4n) is 2.26. The molecule has 2 aromatic carbocycles. The van der Waals surface area contributed by atoms with Gasteiger partial charge in [0.15, 0.2) is 6.61 Å². The molecule has 0 aliphatic heterocycles. The van der Waals surface area contributed by atoms with Crippen LogP contribution in [-0.2, 0) is 11.2 Å². The number of ether oxygens (including phenoxy) is 1. The van der Waals surface area contributed by atoms with Crippen LogP contribution in [0.1, 0.15) is 36.6 Å². The van der Waals surface area contributed by atoms with Crippen LogP contribution in [-0.4, -0.2) is 12.5 Å². The van der Waals surface area contributed by atoms with Crippen molar-refractivity contribution in [2.24, 2.45) is 0 Å². The molecule has 0 heterocycles. The minimum Gasteiger partial charge on any atom is -0.484 e. The summed E-state index contributed by atoms with van der Waals surface area (Å²) in [6.45, 7) is 6.10. The molecular formula is C19H22BrNO2. The van der Waals surface area contributed by atoms with Gasteiger partial charge in [-0.05, 0) is 55.2 Å². The first-order valence-corrected chi connectivity index (χ1v) is 8.56. The molecule has 2 rings (SSSR count). The van der Waals surface area contributed by atoms with Gasteiger partial charge in [-0.2, -0.15) is 0 Å². The van der Waals surface area contributed by atoms with Crippen LogP contribution in [0.5, 0.6) is 5.75 Å². The van der Waals surface area contributed by atoms with Gasteiger partial charge in [-0.25, -0.2) is 0 Å². The lowest BCUT2D eigenvalue weighted by molar-refractivity contribution is -0.123. The maximum atomic E-state index is 12.0. The maximum Gasteiger partial charge on any atom is 0.258 e. The summed E-state index contributed by atoms with van der Waals surface area (Å²) in [6.07, 6.45) is 1.02. The zero-order chi connectivity index (χ0) is 16.8. The first-order valence-electron chi connectivity index (χ1n) is 7.76. The van der Waals surface area contributed by atoms with Crippen molar-refractivity contribution in [1.82, 2.24) is 5.32 Å². The van der Waals surface area contributed by atoms with Crippen molar-refractivity contribution in [3.63, 3.8) is 0 Å². The highest BCUT2D eigenvalue weighted by Gasteiger charge is 2.10. The SMILES string of the molecule is CCc1ccc(C(C)NC(=O)COc2ccc(Br)c(C)c2)cc1. The summed E-state index contributed by atoms with van der Waals surface area (Å²) >= 11 is 3.44. The summed E-state index contributed by atoms with van der Waals surface area (Å²) in [5, 5.41) is 2.96. The van der Waals surface area contributed by atoms with Crippen LogP contribution < -0.4 is 10.1 Å². The number of hydrogen-bond acceptors (Lipinski definition) is 2. The van der Waals surface area contributed by atoms with Gasteiger partial charge in [0.1, 0.15) is 5.75 Å². The van der Waals surface area contributed by atoms with Crippen LogP contribution in [0.3, 0.4) is 0 Å². The Morgan fingerprint density at radius 1 is 1.22 bits per heavy atom. The van der Waals surface area contributed by atoms with Gasteiger partial charge in [0.2, 0.25) is 0 Å². The number of rotatable bonds is 6. The predicted octanol–water partition coefficient (Wildman–Crippen LogP) is 4.58. The summed E-state index contributed by atoms with van der Waals surface area (Å²) in [7, 11) is 0. The molecule has 0 saturated carbocycles. The third-order valence-corrected chi connectivity index (χ3v) is 4.65. The molecular weight excluding hydrogens is 354 g/mol. The highest BCUT2D eigenvalue weighted by Crippen LogP contribution is 2.21. The monoisotopic (exact) mass is 375 g/mol. The van der Waals surface area contributed by atoms with Crippen LogP contribution >= 0.6 is 15.9 Å². The lowest BCUT2D eigenvalue weighted by Gasteiger charge is -2.15. The third kappa shape index (κ3) is 5.10. The molecule has 0 saturated heterocycles. The molecule has 3 nitrogen and oxygen atoms in total. The number of carbonyl (C=O) groups is 1. The van der Waals surface area contributed by atoms with Crippen LogP contribution in [0, 0.1) is 6.92 Å². The van der Waals surface area contributed by atoms with Crippen LogP contribution in [0.15, 0.2) is 46.9 Å². The zero-order valence-corrected chi connectivity index (χ0v) is 15.3. The molecule has 0 bridgehead atoms. The Morgan fingerprint density at radius 3 is 2.52 bits per heavy atom. The zero-order valence-electron chi connectivity index (χ0n) is 13.7. The van der Waals surface area contributed by atoms with Gasteiger partial charge in [-0.15, -0.1) is 0 Å². The number of carbonyl (C=O) groups excluding carboxylic acids is 1. The molecule has 0 fully saturated rings. The second-order valence-electron chi connectivity index (χ2n) is 5.58. The highest BCUT2D eigenvalue weighted by molar-refractivity contribution is 9.10. The topological polar surface area (TPSA) is 38.3 Å². The van der Waals surface area contributed by atoms with Gasteiger partial charge in [-0.1, -0.05) is 47.1 Å². The number of benzene rings is 2. The lowest BCUT2D eigenvalue weighted by atomic mass is 10.1. The molecule has 0 radical (unpaired) electrons. The molecule has 0 spiro atoms. The number of halogens is 1.